The third-order valence-electron chi connectivity index (χ3n) is 4.12. The first kappa shape index (κ1) is 16.9. The maximum atomic E-state index is 12.7. The van der Waals surface area contributed by atoms with E-state index in [-0.39, 0.29) is 11.5 Å². The largest absolute Gasteiger partial charge is 0.332 e. The molecule has 0 atom stereocenters. The van der Waals surface area contributed by atoms with E-state index in [1.807, 2.05) is 0 Å². The van der Waals surface area contributed by atoms with Crippen LogP contribution in [0.25, 0.3) is 16.7 Å². The van der Waals surface area contributed by atoms with Crippen LogP contribution in [-0.4, -0.2) is 30.2 Å². The van der Waals surface area contributed by atoms with Gasteiger partial charge in [-0.05, 0) is 48.6 Å². The molecule has 0 unspecified atom stereocenters. The number of benzene rings is 1. The summed E-state index contributed by atoms with van der Waals surface area (Å²) in [5.41, 5.74) is 1.20. The lowest BCUT2D eigenvalue weighted by molar-refractivity contribution is 0.102. The number of rotatable bonds is 3. The van der Waals surface area contributed by atoms with Crippen molar-refractivity contribution in [3.8, 4) is 5.82 Å². The second kappa shape index (κ2) is 6.61. The standard InChI is InChI=1S/C18H14N6O2S/c1-23-17(26)12-6-5-11(10-14(12)22-18(23)27)16(25)21-13-4-2-7-19-15(13)24-9-3-8-20-24/h2-10H,1H3,(H,21,25)(H,22,27). The first-order valence-electron chi connectivity index (χ1n) is 8.04. The van der Waals surface area contributed by atoms with E-state index < -0.39 is 0 Å². The van der Waals surface area contributed by atoms with E-state index >= 15 is 0 Å². The Labute approximate surface area is 158 Å². The van der Waals surface area contributed by atoms with Crippen molar-refractivity contribution < 1.29 is 4.79 Å². The van der Waals surface area contributed by atoms with Crippen molar-refractivity contribution in [3.63, 3.8) is 0 Å². The fourth-order valence-corrected chi connectivity index (χ4v) is 2.91. The Morgan fingerprint density at radius 1 is 1.22 bits per heavy atom. The minimum absolute atomic E-state index is 0.214. The summed E-state index contributed by atoms with van der Waals surface area (Å²) in [6.07, 6.45) is 4.99. The molecule has 9 heteroatoms. The topological polar surface area (TPSA) is 97.6 Å². The summed E-state index contributed by atoms with van der Waals surface area (Å²) in [5.74, 6) is 0.170. The van der Waals surface area contributed by atoms with E-state index in [1.54, 1.807) is 66.7 Å². The van der Waals surface area contributed by atoms with Gasteiger partial charge >= 0.3 is 0 Å². The lowest BCUT2D eigenvalue weighted by atomic mass is 10.1. The second-order valence-electron chi connectivity index (χ2n) is 5.83. The SMILES string of the molecule is Cn1c(=S)[nH]c2cc(C(=O)Nc3cccnc3-n3cccn3)ccc2c1=O. The molecule has 134 valence electrons. The van der Waals surface area contributed by atoms with Crippen molar-refractivity contribution in [2.24, 2.45) is 7.05 Å². The van der Waals surface area contributed by atoms with E-state index in [1.165, 1.54) is 4.57 Å². The van der Waals surface area contributed by atoms with Gasteiger partial charge in [0, 0.05) is 31.2 Å². The van der Waals surface area contributed by atoms with Crippen molar-refractivity contribution in [2.45, 2.75) is 0 Å². The molecule has 0 aliphatic heterocycles. The first-order valence-corrected chi connectivity index (χ1v) is 8.45. The van der Waals surface area contributed by atoms with Gasteiger partial charge in [-0.1, -0.05) is 0 Å². The molecule has 0 radical (unpaired) electrons. The molecule has 27 heavy (non-hydrogen) atoms. The highest BCUT2D eigenvalue weighted by Crippen LogP contribution is 2.18. The summed E-state index contributed by atoms with van der Waals surface area (Å²) in [5, 5.41) is 7.44. The number of nitrogens with one attached hydrogen (secondary N) is 2. The van der Waals surface area contributed by atoms with Gasteiger partial charge in [-0.2, -0.15) is 5.10 Å². The molecule has 1 aromatic carbocycles. The van der Waals surface area contributed by atoms with Crippen LogP contribution < -0.4 is 10.9 Å². The summed E-state index contributed by atoms with van der Waals surface area (Å²) in [7, 11) is 1.60. The van der Waals surface area contributed by atoms with Crippen LogP contribution >= 0.6 is 12.2 Å². The number of hydrogen-bond donors (Lipinski definition) is 2. The van der Waals surface area contributed by atoms with Crippen molar-refractivity contribution in [2.75, 3.05) is 5.32 Å². The highest BCUT2D eigenvalue weighted by atomic mass is 32.1. The van der Waals surface area contributed by atoms with E-state index in [4.69, 9.17) is 12.2 Å². The molecular weight excluding hydrogens is 364 g/mol. The van der Waals surface area contributed by atoms with Gasteiger partial charge in [-0.15, -0.1) is 0 Å². The Hall–Kier alpha value is -3.59. The normalized spacial score (nSPS) is 10.9. The highest BCUT2D eigenvalue weighted by Gasteiger charge is 2.13. The highest BCUT2D eigenvalue weighted by molar-refractivity contribution is 7.71. The Morgan fingerprint density at radius 2 is 2.07 bits per heavy atom. The molecule has 0 aliphatic rings. The lowest BCUT2D eigenvalue weighted by Crippen LogP contribution is -2.19. The number of pyridine rings is 1. The van der Waals surface area contributed by atoms with E-state index in [0.717, 1.165) is 0 Å². The fourth-order valence-electron chi connectivity index (χ4n) is 2.71. The Bertz CT molecular complexity index is 1270. The van der Waals surface area contributed by atoms with Gasteiger partial charge in [0.15, 0.2) is 10.6 Å². The molecule has 4 aromatic rings. The number of H-pyrrole nitrogens is 1. The Balaban J connectivity index is 1.72. The summed E-state index contributed by atoms with van der Waals surface area (Å²) in [6, 6.07) is 10.0. The number of amides is 1. The third kappa shape index (κ3) is 3.04. The quantitative estimate of drug-likeness (QED) is 0.534. The molecule has 3 heterocycles. The summed E-state index contributed by atoms with van der Waals surface area (Å²) in [6.45, 7) is 0. The molecule has 3 aromatic heterocycles. The molecule has 0 fully saturated rings. The van der Waals surface area contributed by atoms with Gasteiger partial charge in [0.05, 0.1) is 16.6 Å². The molecule has 4 rings (SSSR count). The number of anilines is 1. The number of carbonyl (C=O) groups excluding carboxylic acids is 1. The minimum atomic E-state index is -0.335. The van der Waals surface area contributed by atoms with Gasteiger partial charge in [-0.25, -0.2) is 9.67 Å². The molecule has 0 saturated heterocycles. The molecule has 0 spiro atoms. The third-order valence-corrected chi connectivity index (χ3v) is 4.50. The zero-order valence-corrected chi connectivity index (χ0v) is 15.0. The van der Waals surface area contributed by atoms with Crippen LogP contribution in [-0.2, 0) is 7.05 Å². The molecule has 8 nitrogen and oxygen atoms in total. The number of nitrogens with zero attached hydrogens (tertiary/aromatic N) is 4. The Kier molecular flexibility index (Phi) is 4.13. The number of aromatic nitrogens is 5. The smallest absolute Gasteiger partial charge is 0.261 e. The predicted molar refractivity (Wildman–Crippen MR) is 104 cm³/mol. The average Bonchev–Trinajstić information content (AvgIpc) is 3.21. The minimum Gasteiger partial charge on any atom is -0.332 e. The summed E-state index contributed by atoms with van der Waals surface area (Å²) in [4.78, 5) is 32.2. The number of aromatic amines is 1. The van der Waals surface area contributed by atoms with Crippen LogP contribution in [0, 0.1) is 4.77 Å². The van der Waals surface area contributed by atoms with Crippen LogP contribution in [0.4, 0.5) is 5.69 Å². The van der Waals surface area contributed by atoms with Crippen LogP contribution in [0.1, 0.15) is 10.4 Å². The van der Waals surface area contributed by atoms with Crippen LogP contribution in [0.5, 0.6) is 0 Å². The van der Waals surface area contributed by atoms with Crippen LogP contribution in [0.15, 0.2) is 59.8 Å². The van der Waals surface area contributed by atoms with Gasteiger partial charge in [0.2, 0.25) is 0 Å². The second-order valence-corrected chi connectivity index (χ2v) is 6.22. The molecule has 0 saturated carbocycles. The number of carbonyl (C=O) groups is 1. The molecule has 0 bridgehead atoms. The maximum absolute atomic E-state index is 12.7. The zero-order chi connectivity index (χ0) is 19.0. The zero-order valence-electron chi connectivity index (χ0n) is 14.2. The fraction of sp³-hybridized carbons (Fsp3) is 0.0556. The van der Waals surface area contributed by atoms with Gasteiger partial charge in [0.1, 0.15) is 0 Å². The van der Waals surface area contributed by atoms with Crippen LogP contribution in [0.3, 0.4) is 0 Å². The van der Waals surface area contributed by atoms with Crippen LogP contribution in [0.2, 0.25) is 0 Å². The van der Waals surface area contributed by atoms with Gasteiger partial charge in [-0.3, -0.25) is 14.2 Å². The monoisotopic (exact) mass is 378 g/mol. The number of fused-ring (bicyclic) bond motifs is 1. The van der Waals surface area contributed by atoms with Crippen molar-refractivity contribution in [3.05, 3.63) is 75.7 Å². The molecule has 2 N–H and O–H groups in total. The lowest BCUT2D eigenvalue weighted by Gasteiger charge is -2.10. The van der Waals surface area contributed by atoms with E-state index in [2.05, 4.69) is 20.4 Å². The molecular formula is C18H14N6O2S. The summed E-state index contributed by atoms with van der Waals surface area (Å²) < 4.78 is 3.21. The molecule has 1 amide bonds. The predicted octanol–water partition coefficient (Wildman–Crippen LogP) is 2.43. The van der Waals surface area contributed by atoms with Crippen molar-refractivity contribution in [1.29, 1.82) is 0 Å². The average molecular weight is 378 g/mol. The first-order chi connectivity index (χ1) is 13.0. The maximum Gasteiger partial charge on any atom is 0.261 e. The summed E-state index contributed by atoms with van der Waals surface area (Å²) >= 11 is 5.13. The van der Waals surface area contributed by atoms with Gasteiger partial charge in [0.25, 0.3) is 11.5 Å². The van der Waals surface area contributed by atoms with Gasteiger partial charge < -0.3 is 10.3 Å². The number of hydrogen-bond acceptors (Lipinski definition) is 5. The van der Waals surface area contributed by atoms with Crippen molar-refractivity contribution >= 4 is 34.7 Å². The van der Waals surface area contributed by atoms with E-state index in [9.17, 15) is 9.59 Å². The van der Waals surface area contributed by atoms with Crippen molar-refractivity contribution in [1.82, 2.24) is 24.3 Å². The van der Waals surface area contributed by atoms with E-state index in [0.29, 0.717) is 32.7 Å². The molecule has 0 aliphatic carbocycles. The Morgan fingerprint density at radius 3 is 2.85 bits per heavy atom.